The highest BCUT2D eigenvalue weighted by Crippen LogP contribution is 2.11. The van der Waals surface area contributed by atoms with Crippen molar-refractivity contribution >= 4 is 11.9 Å². The van der Waals surface area contributed by atoms with Crippen molar-refractivity contribution in [3.05, 3.63) is 0 Å². The normalized spacial score (nSPS) is 12.1. The molecule has 0 aliphatic rings. The van der Waals surface area contributed by atoms with Gasteiger partial charge in [0.25, 0.3) is 0 Å². The van der Waals surface area contributed by atoms with E-state index in [1.54, 1.807) is 0 Å². The fourth-order valence-corrected chi connectivity index (χ4v) is 2.79. The Balaban J connectivity index is 3.33. The molecule has 0 aliphatic carbocycles. The van der Waals surface area contributed by atoms with Gasteiger partial charge in [0.2, 0.25) is 0 Å². The third-order valence-corrected chi connectivity index (χ3v) is 4.34. The van der Waals surface area contributed by atoms with Gasteiger partial charge in [-0.3, -0.25) is 9.59 Å². The molecule has 0 aliphatic heterocycles. The van der Waals surface area contributed by atoms with Gasteiger partial charge in [-0.05, 0) is 19.3 Å². The molecule has 0 aromatic carbocycles. The number of hydrogen-bond donors (Lipinski definition) is 2. The third-order valence-electron chi connectivity index (χ3n) is 4.34. The molecule has 0 amide bonds. The van der Waals surface area contributed by atoms with Gasteiger partial charge in [0.15, 0.2) is 0 Å². The molecule has 0 rings (SSSR count). The minimum absolute atomic E-state index is 0.108. The van der Waals surface area contributed by atoms with Gasteiger partial charge in [0.05, 0.1) is 19.1 Å². The molecule has 1 atom stereocenters. The fourth-order valence-electron chi connectivity index (χ4n) is 2.79. The van der Waals surface area contributed by atoms with Crippen molar-refractivity contribution in [2.45, 2.75) is 109 Å². The first-order valence-corrected chi connectivity index (χ1v) is 10.1. The summed E-state index contributed by atoms with van der Waals surface area (Å²) in [6, 6.07) is 0. The van der Waals surface area contributed by atoms with Crippen LogP contribution in [0.4, 0.5) is 0 Å². The number of ether oxygens (including phenoxy) is 1. The van der Waals surface area contributed by atoms with Crippen LogP contribution < -0.4 is 0 Å². The van der Waals surface area contributed by atoms with E-state index in [9.17, 15) is 14.7 Å². The molecular formula is C20H38O5. The summed E-state index contributed by atoms with van der Waals surface area (Å²) >= 11 is 0. The van der Waals surface area contributed by atoms with Gasteiger partial charge in [-0.1, -0.05) is 71.1 Å². The molecule has 5 nitrogen and oxygen atoms in total. The predicted molar refractivity (Wildman–Crippen MR) is 99.5 cm³/mol. The molecule has 0 bridgehead atoms. The summed E-state index contributed by atoms with van der Waals surface area (Å²) in [4.78, 5) is 22.0. The quantitative estimate of drug-likeness (QED) is 0.270. The number of aliphatic hydroxyl groups is 1. The molecule has 0 spiro atoms. The maximum absolute atomic E-state index is 11.6. The zero-order chi connectivity index (χ0) is 18.8. The Kier molecular flexibility index (Phi) is 16.9. The van der Waals surface area contributed by atoms with E-state index in [1.165, 1.54) is 19.3 Å². The third kappa shape index (κ3) is 19.1. The Labute approximate surface area is 153 Å². The number of aliphatic carboxylic acids is 1. The lowest BCUT2D eigenvalue weighted by Crippen LogP contribution is -2.16. The van der Waals surface area contributed by atoms with Gasteiger partial charge >= 0.3 is 11.9 Å². The molecule has 0 heterocycles. The molecular weight excluding hydrogens is 320 g/mol. The number of aliphatic hydroxyl groups excluding tert-OH is 1. The average molecular weight is 359 g/mol. The predicted octanol–water partition coefficient (Wildman–Crippen LogP) is 4.85. The van der Waals surface area contributed by atoms with Crippen LogP contribution in [0.2, 0.25) is 0 Å². The van der Waals surface area contributed by atoms with E-state index in [-0.39, 0.29) is 18.8 Å². The Morgan fingerprint density at radius 2 is 1.40 bits per heavy atom. The summed E-state index contributed by atoms with van der Waals surface area (Å²) in [5.74, 6) is -1.02. The van der Waals surface area contributed by atoms with Crippen LogP contribution in [-0.4, -0.2) is 34.9 Å². The fraction of sp³-hybridized carbons (Fsp3) is 0.900. The van der Waals surface area contributed by atoms with Gasteiger partial charge in [-0.25, -0.2) is 0 Å². The summed E-state index contributed by atoms with van der Waals surface area (Å²) in [5.41, 5.74) is 0. The lowest BCUT2D eigenvalue weighted by molar-refractivity contribution is -0.146. The molecule has 0 aromatic rings. The van der Waals surface area contributed by atoms with Crippen LogP contribution in [0.1, 0.15) is 103 Å². The number of esters is 1. The average Bonchev–Trinajstić information content (AvgIpc) is 2.56. The van der Waals surface area contributed by atoms with Crippen LogP contribution in [0.15, 0.2) is 0 Å². The Morgan fingerprint density at radius 3 is 2.04 bits per heavy atom. The lowest BCUT2D eigenvalue weighted by Gasteiger charge is -2.10. The van der Waals surface area contributed by atoms with Crippen molar-refractivity contribution in [1.29, 1.82) is 0 Å². The van der Waals surface area contributed by atoms with Crippen LogP contribution in [0.25, 0.3) is 0 Å². The molecule has 5 heteroatoms. The Hall–Kier alpha value is -1.10. The first-order chi connectivity index (χ1) is 12.1. The molecule has 148 valence electrons. The molecule has 1 unspecified atom stereocenters. The second-order valence-electron chi connectivity index (χ2n) is 6.90. The van der Waals surface area contributed by atoms with Crippen LogP contribution in [0.3, 0.4) is 0 Å². The topological polar surface area (TPSA) is 83.8 Å². The number of rotatable bonds is 18. The highest BCUT2D eigenvalue weighted by molar-refractivity contribution is 5.69. The first kappa shape index (κ1) is 23.9. The van der Waals surface area contributed by atoms with E-state index in [4.69, 9.17) is 9.84 Å². The van der Waals surface area contributed by atoms with Crippen molar-refractivity contribution < 1.29 is 24.5 Å². The molecule has 2 N–H and O–H groups in total. The van der Waals surface area contributed by atoms with E-state index in [1.807, 2.05) is 0 Å². The smallest absolute Gasteiger partial charge is 0.308 e. The highest BCUT2D eigenvalue weighted by atomic mass is 16.5. The van der Waals surface area contributed by atoms with Gasteiger partial charge < -0.3 is 14.9 Å². The van der Waals surface area contributed by atoms with E-state index in [2.05, 4.69) is 6.92 Å². The summed E-state index contributed by atoms with van der Waals surface area (Å²) in [5, 5.41) is 18.3. The van der Waals surface area contributed by atoms with Crippen LogP contribution >= 0.6 is 0 Å². The number of carbonyl (C=O) groups excluding carboxylic acids is 1. The first-order valence-electron chi connectivity index (χ1n) is 10.1. The molecule has 0 saturated heterocycles. The van der Waals surface area contributed by atoms with Crippen molar-refractivity contribution in [2.24, 2.45) is 0 Å². The zero-order valence-electron chi connectivity index (χ0n) is 16.0. The maximum atomic E-state index is 11.6. The standard InChI is InChI=1S/C20H38O5/c1-2-3-4-8-11-14-18(21)17-20(24)25-16-13-10-7-5-6-9-12-15-19(22)23/h18,21H,2-17H2,1H3,(H,22,23). The highest BCUT2D eigenvalue weighted by Gasteiger charge is 2.11. The molecule has 0 aromatic heterocycles. The lowest BCUT2D eigenvalue weighted by atomic mass is 10.1. The van der Waals surface area contributed by atoms with Gasteiger partial charge in [-0.15, -0.1) is 0 Å². The van der Waals surface area contributed by atoms with Crippen molar-refractivity contribution in [3.8, 4) is 0 Å². The Morgan fingerprint density at radius 1 is 0.840 bits per heavy atom. The minimum Gasteiger partial charge on any atom is -0.481 e. The van der Waals surface area contributed by atoms with E-state index in [0.717, 1.165) is 57.8 Å². The number of unbranched alkanes of at least 4 members (excludes halogenated alkanes) is 10. The van der Waals surface area contributed by atoms with Crippen LogP contribution in [0.5, 0.6) is 0 Å². The zero-order valence-corrected chi connectivity index (χ0v) is 16.0. The number of carboxylic acids is 1. The summed E-state index contributed by atoms with van der Waals surface area (Å²) in [6.07, 6.45) is 13.1. The van der Waals surface area contributed by atoms with E-state index in [0.29, 0.717) is 13.0 Å². The van der Waals surface area contributed by atoms with Crippen LogP contribution in [-0.2, 0) is 14.3 Å². The second kappa shape index (κ2) is 17.7. The van der Waals surface area contributed by atoms with Crippen molar-refractivity contribution in [3.63, 3.8) is 0 Å². The minimum atomic E-state index is -0.719. The second-order valence-corrected chi connectivity index (χ2v) is 6.90. The monoisotopic (exact) mass is 358 g/mol. The Bertz CT molecular complexity index is 330. The largest absolute Gasteiger partial charge is 0.481 e. The number of carbonyl (C=O) groups is 2. The SMILES string of the molecule is CCCCCCCC(O)CC(=O)OCCCCCCCCCC(=O)O. The summed E-state index contributed by atoms with van der Waals surface area (Å²) in [7, 11) is 0. The number of hydrogen-bond acceptors (Lipinski definition) is 4. The van der Waals surface area contributed by atoms with Crippen molar-refractivity contribution in [1.82, 2.24) is 0 Å². The van der Waals surface area contributed by atoms with Gasteiger partial charge in [0.1, 0.15) is 0 Å². The van der Waals surface area contributed by atoms with Gasteiger partial charge in [-0.2, -0.15) is 0 Å². The summed E-state index contributed by atoms with van der Waals surface area (Å²) < 4.78 is 5.16. The summed E-state index contributed by atoms with van der Waals surface area (Å²) in [6.45, 7) is 2.61. The van der Waals surface area contributed by atoms with Crippen LogP contribution in [0, 0.1) is 0 Å². The molecule has 0 radical (unpaired) electrons. The molecule has 0 fully saturated rings. The molecule has 0 saturated carbocycles. The maximum Gasteiger partial charge on any atom is 0.308 e. The van der Waals surface area contributed by atoms with Gasteiger partial charge in [0, 0.05) is 6.42 Å². The number of carboxylic acid groups (broad SMARTS) is 1. The molecule has 25 heavy (non-hydrogen) atoms. The van der Waals surface area contributed by atoms with E-state index >= 15 is 0 Å². The van der Waals surface area contributed by atoms with Crippen molar-refractivity contribution in [2.75, 3.05) is 6.61 Å². The van der Waals surface area contributed by atoms with E-state index < -0.39 is 12.1 Å².